The van der Waals surface area contributed by atoms with Gasteiger partial charge >= 0.3 is 5.97 Å². The summed E-state index contributed by atoms with van der Waals surface area (Å²) in [6.45, 7) is 0.308. The number of carbonyl (C=O) groups is 6. The van der Waals surface area contributed by atoms with Gasteiger partial charge < -0.3 is 42.4 Å². The van der Waals surface area contributed by atoms with Crippen molar-refractivity contribution in [3.05, 3.63) is 90.3 Å². The molecule has 0 bridgehead atoms. The number of amides is 5. The molecule has 306 valence electrons. The van der Waals surface area contributed by atoms with Crippen LogP contribution in [0.15, 0.2) is 79.1 Å². The number of hydrogen-bond acceptors (Lipinski definition) is 9. The minimum Gasteiger partial charge on any atom is -0.481 e. The lowest BCUT2D eigenvalue weighted by atomic mass is 9.80. The summed E-state index contributed by atoms with van der Waals surface area (Å²) in [6.07, 6.45) is 10.1. The Balaban J connectivity index is 1.23. The molecule has 16 heteroatoms. The first-order valence-corrected chi connectivity index (χ1v) is 19.6. The average Bonchev–Trinajstić information content (AvgIpc) is 3.62. The highest BCUT2D eigenvalue weighted by Crippen LogP contribution is 2.28. The number of primary amides is 1. The van der Waals surface area contributed by atoms with Crippen molar-refractivity contribution >= 4 is 64.3 Å². The molecular weight excluding hydrogens is 743 g/mol. The standard InChI is InChI=1S/C42H51N9O7/c43-40(58)42(22-5-1-6-23-42)51-39(57)34(14-8-15-37(54)55)48-38(56)33(13-4-7-25-45-35(52)21-18-29-10-9-24-44-27-29)47-36(53)26-28-16-19-30(20-17-28)46-41-49-31-11-2-3-12-32(31)50-41/h2-3,9-12,16-21,24,27,33-34H,1,4-8,13-15,22-23,25-26H2,(H2,43,58)(H,45,52)(H,47,53)(H,48,56)(H,51,57)(H,54,55)(H2,46,49,50)/b21-18+/t33-,34-/m0/s1. The van der Waals surface area contributed by atoms with E-state index in [0.29, 0.717) is 56.6 Å². The van der Waals surface area contributed by atoms with E-state index < -0.39 is 47.2 Å². The Morgan fingerprint density at radius 3 is 2.31 bits per heavy atom. The highest BCUT2D eigenvalue weighted by molar-refractivity contribution is 5.96. The number of carbonyl (C=O) groups excluding carboxylic acids is 5. The molecule has 0 aliphatic heterocycles. The third-order valence-corrected chi connectivity index (χ3v) is 10.0. The molecule has 0 saturated heterocycles. The maximum Gasteiger partial charge on any atom is 0.303 e. The summed E-state index contributed by atoms with van der Waals surface area (Å²) in [6, 6.07) is 16.2. The molecule has 2 atom stereocenters. The molecule has 0 radical (unpaired) electrons. The maximum atomic E-state index is 13.9. The summed E-state index contributed by atoms with van der Waals surface area (Å²) < 4.78 is 0. The van der Waals surface area contributed by atoms with Crippen LogP contribution >= 0.6 is 0 Å². The third-order valence-electron chi connectivity index (χ3n) is 10.0. The van der Waals surface area contributed by atoms with Crippen LogP contribution in [0.4, 0.5) is 11.6 Å². The van der Waals surface area contributed by atoms with Gasteiger partial charge in [-0.05, 0) is 92.5 Å². The van der Waals surface area contributed by atoms with Crippen LogP contribution in [0.3, 0.4) is 0 Å². The topological polar surface area (TPSA) is 250 Å². The van der Waals surface area contributed by atoms with E-state index in [9.17, 15) is 33.9 Å². The van der Waals surface area contributed by atoms with Crippen LogP contribution < -0.4 is 32.3 Å². The van der Waals surface area contributed by atoms with Gasteiger partial charge in [0.1, 0.15) is 17.6 Å². The van der Waals surface area contributed by atoms with Crippen molar-refractivity contribution in [1.82, 2.24) is 36.2 Å². The minimum atomic E-state index is -1.27. The number of H-pyrrole nitrogens is 1. The van der Waals surface area contributed by atoms with Crippen molar-refractivity contribution in [2.75, 3.05) is 11.9 Å². The van der Waals surface area contributed by atoms with Crippen LogP contribution in [0.2, 0.25) is 0 Å². The Morgan fingerprint density at radius 2 is 1.60 bits per heavy atom. The number of unbranched alkanes of at least 4 members (excludes halogenated alkanes) is 1. The van der Waals surface area contributed by atoms with E-state index in [4.69, 9.17) is 5.73 Å². The molecule has 1 saturated carbocycles. The van der Waals surface area contributed by atoms with Gasteiger partial charge in [0.05, 0.1) is 17.5 Å². The summed E-state index contributed by atoms with van der Waals surface area (Å²) in [5.74, 6) is -3.19. The number of nitrogens with zero attached hydrogens (tertiary/aromatic N) is 2. The van der Waals surface area contributed by atoms with Crippen LogP contribution in [-0.2, 0) is 35.2 Å². The van der Waals surface area contributed by atoms with Crippen LogP contribution in [-0.4, -0.2) is 79.7 Å². The third kappa shape index (κ3) is 13.0. The van der Waals surface area contributed by atoms with Crippen LogP contribution in [0, 0.1) is 0 Å². The van der Waals surface area contributed by atoms with Crippen molar-refractivity contribution in [2.45, 2.75) is 94.7 Å². The molecule has 5 amide bonds. The Bertz CT molecular complexity index is 2030. The summed E-state index contributed by atoms with van der Waals surface area (Å²) in [5.41, 5.74) is 8.40. The van der Waals surface area contributed by atoms with Crippen LogP contribution in [0.1, 0.15) is 81.8 Å². The van der Waals surface area contributed by atoms with Crippen molar-refractivity contribution in [3.63, 3.8) is 0 Å². The minimum absolute atomic E-state index is 0.0214. The number of benzene rings is 2. The molecular formula is C42H51N9O7. The first-order valence-electron chi connectivity index (χ1n) is 19.6. The number of aliphatic carboxylic acids is 1. The predicted octanol–water partition coefficient (Wildman–Crippen LogP) is 3.77. The quantitative estimate of drug-likeness (QED) is 0.0448. The maximum absolute atomic E-state index is 13.9. The fourth-order valence-corrected chi connectivity index (χ4v) is 6.85. The second-order valence-corrected chi connectivity index (χ2v) is 14.5. The number of aromatic amines is 1. The monoisotopic (exact) mass is 793 g/mol. The molecule has 0 unspecified atom stereocenters. The van der Waals surface area contributed by atoms with Gasteiger partial charge in [0.2, 0.25) is 35.5 Å². The number of imidazole rings is 1. The highest BCUT2D eigenvalue weighted by atomic mass is 16.4. The smallest absolute Gasteiger partial charge is 0.303 e. The number of pyridine rings is 1. The van der Waals surface area contributed by atoms with Gasteiger partial charge in [0, 0.05) is 37.1 Å². The lowest BCUT2D eigenvalue weighted by Crippen LogP contribution is -2.62. The second-order valence-electron chi connectivity index (χ2n) is 14.5. The van der Waals surface area contributed by atoms with Gasteiger partial charge in [-0.25, -0.2) is 4.98 Å². The number of anilines is 2. The van der Waals surface area contributed by atoms with Crippen molar-refractivity contribution in [1.29, 1.82) is 0 Å². The van der Waals surface area contributed by atoms with Gasteiger partial charge in [-0.15, -0.1) is 0 Å². The van der Waals surface area contributed by atoms with Crippen molar-refractivity contribution in [2.24, 2.45) is 5.73 Å². The van der Waals surface area contributed by atoms with Gasteiger partial charge in [-0.1, -0.05) is 49.6 Å². The van der Waals surface area contributed by atoms with E-state index in [1.807, 2.05) is 42.5 Å². The molecule has 2 aromatic carbocycles. The fraction of sp³-hybridized carbons (Fsp3) is 0.381. The molecule has 58 heavy (non-hydrogen) atoms. The van der Waals surface area contributed by atoms with E-state index in [0.717, 1.165) is 28.7 Å². The van der Waals surface area contributed by atoms with Crippen molar-refractivity contribution in [3.8, 4) is 0 Å². The first-order chi connectivity index (χ1) is 28.0. The van der Waals surface area contributed by atoms with Gasteiger partial charge in [0.25, 0.3) is 0 Å². The lowest BCUT2D eigenvalue weighted by molar-refractivity contribution is -0.138. The predicted molar refractivity (Wildman–Crippen MR) is 218 cm³/mol. The number of aromatic nitrogens is 3. The number of hydrogen-bond donors (Lipinski definition) is 8. The Hall–Kier alpha value is -6.58. The summed E-state index contributed by atoms with van der Waals surface area (Å²) >= 11 is 0. The Morgan fingerprint density at radius 1 is 0.862 bits per heavy atom. The van der Waals surface area contributed by atoms with Gasteiger partial charge in [-0.3, -0.25) is 33.8 Å². The molecule has 0 spiro atoms. The second kappa shape index (κ2) is 21.1. The molecule has 1 aliphatic carbocycles. The highest BCUT2D eigenvalue weighted by Gasteiger charge is 2.41. The van der Waals surface area contributed by atoms with E-state index >= 15 is 0 Å². The number of nitrogens with one attached hydrogen (secondary N) is 6. The van der Waals surface area contributed by atoms with E-state index in [1.165, 1.54) is 6.08 Å². The molecule has 2 aromatic heterocycles. The Labute approximate surface area is 336 Å². The molecule has 2 heterocycles. The number of para-hydroxylation sites is 2. The molecule has 16 nitrogen and oxygen atoms in total. The summed E-state index contributed by atoms with van der Waals surface area (Å²) in [5, 5.41) is 23.6. The Kier molecular flexibility index (Phi) is 15.5. The van der Waals surface area contributed by atoms with E-state index in [1.54, 1.807) is 36.7 Å². The number of nitrogens with two attached hydrogens (primary N) is 1. The normalized spacial score (nSPS) is 14.6. The van der Waals surface area contributed by atoms with E-state index in [-0.39, 0.29) is 38.0 Å². The largest absolute Gasteiger partial charge is 0.481 e. The zero-order chi connectivity index (χ0) is 41.3. The fourth-order valence-electron chi connectivity index (χ4n) is 6.85. The zero-order valence-corrected chi connectivity index (χ0v) is 32.3. The number of carboxylic acid groups (broad SMARTS) is 1. The molecule has 1 fully saturated rings. The van der Waals surface area contributed by atoms with Crippen LogP contribution in [0.5, 0.6) is 0 Å². The zero-order valence-electron chi connectivity index (χ0n) is 32.3. The van der Waals surface area contributed by atoms with Crippen LogP contribution in [0.25, 0.3) is 17.1 Å². The van der Waals surface area contributed by atoms with Gasteiger partial charge in [0.15, 0.2) is 0 Å². The van der Waals surface area contributed by atoms with E-state index in [2.05, 4.69) is 41.5 Å². The molecule has 5 rings (SSSR count). The lowest BCUT2D eigenvalue weighted by Gasteiger charge is -2.36. The van der Waals surface area contributed by atoms with Crippen molar-refractivity contribution < 1.29 is 33.9 Å². The number of fused-ring (bicyclic) bond motifs is 1. The number of rotatable bonds is 21. The molecule has 9 N–H and O–H groups in total. The average molecular weight is 794 g/mol. The summed E-state index contributed by atoms with van der Waals surface area (Å²) in [7, 11) is 0. The first kappa shape index (κ1) is 42.6. The number of carboxylic acids is 1. The molecule has 4 aromatic rings. The summed E-state index contributed by atoms with van der Waals surface area (Å²) in [4.78, 5) is 89.0. The van der Waals surface area contributed by atoms with Gasteiger partial charge in [-0.2, -0.15) is 0 Å². The SMILES string of the molecule is NC(=O)C1(NC(=O)[C@H](CCCC(=O)O)NC(=O)[C@H](CCCCNC(=O)/C=C/c2cccnc2)NC(=O)Cc2ccc(Nc3nc4ccccc4[nH]3)cc2)CCCCC1. The molecule has 1 aliphatic rings.